The molecular weight excluding hydrogens is 250 g/mol. The van der Waals surface area contributed by atoms with Crippen LogP contribution in [0, 0.1) is 11.3 Å². The van der Waals surface area contributed by atoms with Crippen molar-refractivity contribution < 1.29 is 10.2 Å². The minimum Gasteiger partial charge on any atom is -0.508 e. The van der Waals surface area contributed by atoms with E-state index in [9.17, 15) is 10.2 Å². The van der Waals surface area contributed by atoms with Gasteiger partial charge in [0.1, 0.15) is 11.5 Å². The first-order chi connectivity index (χ1) is 9.38. The molecule has 1 aromatic carbocycles. The zero-order valence-electron chi connectivity index (χ0n) is 12.8. The summed E-state index contributed by atoms with van der Waals surface area (Å²) in [4.78, 5) is 0. The van der Waals surface area contributed by atoms with E-state index in [1.54, 1.807) is 12.1 Å². The highest BCUT2D eigenvalue weighted by Gasteiger charge is 2.33. The first-order valence-corrected chi connectivity index (χ1v) is 7.62. The van der Waals surface area contributed by atoms with Crippen molar-refractivity contribution >= 4 is 0 Å². The molecule has 0 amide bonds. The van der Waals surface area contributed by atoms with E-state index >= 15 is 0 Å². The molecule has 0 aliphatic heterocycles. The molecular formula is C17H27NO2. The summed E-state index contributed by atoms with van der Waals surface area (Å²) in [6, 6.07) is 5.32. The molecule has 2 rings (SSSR count). The first kappa shape index (κ1) is 15.2. The summed E-state index contributed by atoms with van der Waals surface area (Å²) in [6.45, 7) is 7.60. The Morgan fingerprint density at radius 3 is 2.50 bits per heavy atom. The summed E-state index contributed by atoms with van der Waals surface area (Å²) in [7, 11) is 0. The van der Waals surface area contributed by atoms with Gasteiger partial charge in [-0.15, -0.1) is 0 Å². The fraction of sp³-hybridized carbons (Fsp3) is 0.647. The predicted molar refractivity (Wildman–Crippen MR) is 81.8 cm³/mol. The molecule has 0 saturated heterocycles. The number of hydrogen-bond donors (Lipinski definition) is 3. The van der Waals surface area contributed by atoms with Gasteiger partial charge in [0.2, 0.25) is 0 Å². The van der Waals surface area contributed by atoms with Crippen LogP contribution in [0.5, 0.6) is 11.5 Å². The second kappa shape index (κ2) is 6.04. The summed E-state index contributed by atoms with van der Waals surface area (Å²) < 4.78 is 0. The lowest BCUT2D eigenvalue weighted by Gasteiger charge is -2.41. The van der Waals surface area contributed by atoms with E-state index in [2.05, 4.69) is 26.1 Å². The third kappa shape index (κ3) is 3.66. The Bertz CT molecular complexity index is 451. The third-order valence-electron chi connectivity index (χ3n) is 4.50. The van der Waals surface area contributed by atoms with Crippen LogP contribution in [-0.2, 0) is 6.54 Å². The molecule has 1 saturated carbocycles. The second-order valence-corrected chi connectivity index (χ2v) is 7.06. The molecule has 1 fully saturated rings. The summed E-state index contributed by atoms with van der Waals surface area (Å²) in [5, 5.41) is 22.8. The third-order valence-corrected chi connectivity index (χ3v) is 4.50. The minimum atomic E-state index is 0.108. The van der Waals surface area contributed by atoms with Crippen molar-refractivity contribution in [1.82, 2.24) is 5.32 Å². The molecule has 0 aromatic heterocycles. The topological polar surface area (TPSA) is 52.5 Å². The summed E-state index contributed by atoms with van der Waals surface area (Å²) in [5.41, 5.74) is 1.16. The highest BCUT2D eigenvalue weighted by molar-refractivity contribution is 5.38. The van der Waals surface area contributed by atoms with Crippen molar-refractivity contribution in [2.45, 2.75) is 59.0 Å². The zero-order valence-corrected chi connectivity index (χ0v) is 12.8. The molecule has 0 heterocycles. The highest BCUT2D eigenvalue weighted by atomic mass is 16.3. The van der Waals surface area contributed by atoms with E-state index in [0.717, 1.165) is 5.56 Å². The summed E-state index contributed by atoms with van der Waals surface area (Å²) in [6.07, 6.45) is 5.10. The van der Waals surface area contributed by atoms with Crippen molar-refractivity contribution in [2.75, 3.05) is 0 Å². The Hall–Kier alpha value is -1.22. The molecule has 3 heteroatoms. The van der Waals surface area contributed by atoms with Crippen LogP contribution < -0.4 is 5.32 Å². The Morgan fingerprint density at radius 2 is 1.85 bits per heavy atom. The van der Waals surface area contributed by atoms with E-state index in [1.807, 2.05) is 0 Å². The maximum atomic E-state index is 9.85. The van der Waals surface area contributed by atoms with Crippen LogP contribution in [0.2, 0.25) is 0 Å². The lowest BCUT2D eigenvalue weighted by molar-refractivity contribution is 0.130. The van der Waals surface area contributed by atoms with Crippen molar-refractivity contribution in [3.05, 3.63) is 23.8 Å². The van der Waals surface area contributed by atoms with Crippen LogP contribution in [0.15, 0.2) is 18.2 Å². The molecule has 0 spiro atoms. The number of nitrogens with one attached hydrogen (secondary N) is 1. The van der Waals surface area contributed by atoms with Crippen molar-refractivity contribution in [2.24, 2.45) is 11.3 Å². The molecule has 0 bridgehead atoms. The van der Waals surface area contributed by atoms with Gasteiger partial charge in [-0.1, -0.05) is 39.7 Å². The normalized spacial score (nSPS) is 23.8. The van der Waals surface area contributed by atoms with E-state index in [4.69, 9.17) is 0 Å². The van der Waals surface area contributed by atoms with Crippen LogP contribution in [-0.4, -0.2) is 16.3 Å². The van der Waals surface area contributed by atoms with Gasteiger partial charge in [0.15, 0.2) is 0 Å². The predicted octanol–water partition coefficient (Wildman–Crippen LogP) is 3.79. The molecule has 1 aliphatic rings. The van der Waals surface area contributed by atoms with Gasteiger partial charge in [-0.05, 0) is 30.2 Å². The Kier molecular flexibility index (Phi) is 4.59. The fourth-order valence-electron chi connectivity index (χ4n) is 3.35. The van der Waals surface area contributed by atoms with Gasteiger partial charge >= 0.3 is 0 Å². The average Bonchev–Trinajstić information content (AvgIpc) is 2.37. The standard InChI is InChI=1S/C17H27NO2/c1-17(2,3)14-6-4-5-7-15(14)18-11-12-8-9-13(19)10-16(12)20/h8-10,14-15,18-20H,4-7,11H2,1-3H3. The summed E-state index contributed by atoms with van der Waals surface area (Å²) in [5.74, 6) is 0.951. The lowest BCUT2D eigenvalue weighted by atomic mass is 9.69. The van der Waals surface area contributed by atoms with Crippen LogP contribution in [0.1, 0.15) is 52.0 Å². The number of rotatable bonds is 3. The molecule has 3 N–H and O–H groups in total. The van der Waals surface area contributed by atoms with E-state index in [-0.39, 0.29) is 11.5 Å². The molecule has 3 nitrogen and oxygen atoms in total. The Morgan fingerprint density at radius 1 is 1.15 bits per heavy atom. The Balaban J connectivity index is 2.01. The SMILES string of the molecule is CC(C)(C)C1CCCCC1NCc1ccc(O)cc1O. The summed E-state index contributed by atoms with van der Waals surface area (Å²) >= 11 is 0. The van der Waals surface area contributed by atoms with Crippen molar-refractivity contribution in [3.63, 3.8) is 0 Å². The number of hydrogen-bond acceptors (Lipinski definition) is 3. The quantitative estimate of drug-likeness (QED) is 0.788. The van der Waals surface area contributed by atoms with Crippen LogP contribution in [0.3, 0.4) is 0 Å². The van der Waals surface area contributed by atoms with Gasteiger partial charge < -0.3 is 15.5 Å². The average molecular weight is 277 g/mol. The van der Waals surface area contributed by atoms with Gasteiger partial charge in [-0.25, -0.2) is 0 Å². The molecule has 0 radical (unpaired) electrons. The molecule has 2 atom stereocenters. The fourth-order valence-corrected chi connectivity index (χ4v) is 3.35. The van der Waals surface area contributed by atoms with Crippen molar-refractivity contribution in [1.29, 1.82) is 0 Å². The maximum absolute atomic E-state index is 9.85. The number of benzene rings is 1. The van der Waals surface area contributed by atoms with Crippen LogP contribution >= 0.6 is 0 Å². The van der Waals surface area contributed by atoms with Gasteiger partial charge in [0.05, 0.1) is 0 Å². The smallest absolute Gasteiger partial charge is 0.123 e. The largest absolute Gasteiger partial charge is 0.508 e. The maximum Gasteiger partial charge on any atom is 0.123 e. The molecule has 2 unspecified atom stereocenters. The van der Waals surface area contributed by atoms with E-state index in [0.29, 0.717) is 23.9 Å². The number of phenols is 2. The highest BCUT2D eigenvalue weighted by Crippen LogP contribution is 2.38. The van der Waals surface area contributed by atoms with Gasteiger partial charge in [-0.3, -0.25) is 0 Å². The molecule has 20 heavy (non-hydrogen) atoms. The van der Waals surface area contributed by atoms with Crippen LogP contribution in [0.4, 0.5) is 0 Å². The minimum absolute atomic E-state index is 0.108. The molecule has 1 aromatic rings. The first-order valence-electron chi connectivity index (χ1n) is 7.62. The monoisotopic (exact) mass is 277 g/mol. The number of phenolic OH excluding ortho intramolecular Hbond substituents is 2. The van der Waals surface area contributed by atoms with Gasteiger partial charge in [-0.2, -0.15) is 0 Å². The lowest BCUT2D eigenvalue weighted by Crippen LogP contribution is -2.43. The Labute approximate surface area is 122 Å². The molecule has 112 valence electrons. The second-order valence-electron chi connectivity index (χ2n) is 7.06. The van der Waals surface area contributed by atoms with E-state index in [1.165, 1.54) is 31.7 Å². The van der Waals surface area contributed by atoms with Gasteiger partial charge in [0, 0.05) is 24.2 Å². The van der Waals surface area contributed by atoms with Crippen LogP contribution in [0.25, 0.3) is 0 Å². The molecule has 1 aliphatic carbocycles. The number of aromatic hydroxyl groups is 2. The zero-order chi connectivity index (χ0) is 14.8. The van der Waals surface area contributed by atoms with Gasteiger partial charge in [0.25, 0.3) is 0 Å². The van der Waals surface area contributed by atoms with Crippen molar-refractivity contribution in [3.8, 4) is 11.5 Å². The van der Waals surface area contributed by atoms with E-state index < -0.39 is 0 Å².